The smallest absolute Gasteiger partial charge is 0.340 e. The van der Waals surface area contributed by atoms with Gasteiger partial charge in [-0.1, -0.05) is 0 Å². The quantitative estimate of drug-likeness (QED) is 0.659. The molecule has 0 amide bonds. The first-order valence-electron chi connectivity index (χ1n) is 4.22. The van der Waals surface area contributed by atoms with Gasteiger partial charge in [-0.2, -0.15) is 0 Å². The van der Waals surface area contributed by atoms with Crippen LogP contribution in [0, 0.1) is 0 Å². The molecular formula is C9H9ClF2N2O2. The van der Waals surface area contributed by atoms with Gasteiger partial charge in [0.05, 0.1) is 35.5 Å². The maximum absolute atomic E-state index is 12.6. The zero-order chi connectivity index (χ0) is 12.3. The molecule has 7 heteroatoms. The molecule has 0 bridgehead atoms. The zero-order valence-corrected chi connectivity index (χ0v) is 9.09. The number of carbonyl (C=O) groups excluding carboxylic acids is 1. The standard InChI is InChI=1S/C9H9ClF2N2O2/c1-16-9(15)6-4(8(11)12)3-14-5(2-10)7(6)13/h3,8H,2,13H2,1H3. The summed E-state index contributed by atoms with van der Waals surface area (Å²) < 4.78 is 29.6. The molecule has 0 fully saturated rings. The Bertz CT molecular complexity index is 413. The molecule has 1 heterocycles. The third-order valence-electron chi connectivity index (χ3n) is 1.98. The highest BCUT2D eigenvalue weighted by Gasteiger charge is 2.24. The molecule has 0 unspecified atom stereocenters. The molecule has 0 atom stereocenters. The number of methoxy groups -OCH3 is 1. The Morgan fingerprint density at radius 1 is 1.69 bits per heavy atom. The van der Waals surface area contributed by atoms with Crippen LogP contribution in [-0.2, 0) is 10.6 Å². The minimum atomic E-state index is -2.85. The van der Waals surface area contributed by atoms with Gasteiger partial charge in [0.2, 0.25) is 0 Å². The highest BCUT2D eigenvalue weighted by Crippen LogP contribution is 2.29. The van der Waals surface area contributed by atoms with Crippen LogP contribution in [0.4, 0.5) is 14.5 Å². The van der Waals surface area contributed by atoms with Crippen molar-refractivity contribution in [1.82, 2.24) is 4.98 Å². The monoisotopic (exact) mass is 250 g/mol. The fourth-order valence-electron chi connectivity index (χ4n) is 1.18. The second-order valence-corrected chi connectivity index (χ2v) is 3.14. The topological polar surface area (TPSA) is 65.2 Å². The van der Waals surface area contributed by atoms with E-state index in [-0.39, 0.29) is 22.8 Å². The molecule has 1 aromatic rings. The largest absolute Gasteiger partial charge is 0.465 e. The van der Waals surface area contributed by atoms with E-state index in [0.717, 1.165) is 13.3 Å². The number of rotatable bonds is 3. The van der Waals surface area contributed by atoms with Crippen molar-refractivity contribution in [2.75, 3.05) is 12.8 Å². The van der Waals surface area contributed by atoms with Crippen LogP contribution < -0.4 is 5.73 Å². The molecule has 0 aliphatic carbocycles. The third kappa shape index (κ3) is 2.21. The molecule has 0 aromatic carbocycles. The van der Waals surface area contributed by atoms with Gasteiger partial charge in [0.1, 0.15) is 0 Å². The molecule has 1 aromatic heterocycles. The molecule has 4 nitrogen and oxygen atoms in total. The summed E-state index contributed by atoms with van der Waals surface area (Å²) >= 11 is 5.50. The van der Waals surface area contributed by atoms with Gasteiger partial charge < -0.3 is 10.5 Å². The van der Waals surface area contributed by atoms with Crippen LogP contribution in [-0.4, -0.2) is 18.1 Å². The Balaban J connectivity index is 3.42. The van der Waals surface area contributed by atoms with Crippen molar-refractivity contribution in [3.05, 3.63) is 23.0 Å². The molecule has 0 radical (unpaired) electrons. The molecule has 0 saturated heterocycles. The Kier molecular flexibility index (Phi) is 4.00. The minimum absolute atomic E-state index is 0.0701. The number of halogens is 3. The number of nitrogens with two attached hydrogens (primary N) is 1. The van der Waals surface area contributed by atoms with Crippen molar-refractivity contribution >= 4 is 23.3 Å². The fraction of sp³-hybridized carbons (Fsp3) is 0.333. The first kappa shape index (κ1) is 12.6. The van der Waals surface area contributed by atoms with Crippen molar-refractivity contribution in [2.24, 2.45) is 0 Å². The molecule has 2 N–H and O–H groups in total. The summed E-state index contributed by atoms with van der Waals surface area (Å²) in [5.74, 6) is -0.999. The minimum Gasteiger partial charge on any atom is -0.465 e. The highest BCUT2D eigenvalue weighted by atomic mass is 35.5. The van der Waals surface area contributed by atoms with E-state index in [9.17, 15) is 13.6 Å². The molecule has 16 heavy (non-hydrogen) atoms. The van der Waals surface area contributed by atoms with E-state index < -0.39 is 18.0 Å². The lowest BCUT2D eigenvalue weighted by molar-refractivity contribution is 0.0590. The van der Waals surface area contributed by atoms with E-state index in [0.29, 0.717) is 0 Å². The van der Waals surface area contributed by atoms with Crippen LogP contribution in [0.25, 0.3) is 0 Å². The van der Waals surface area contributed by atoms with E-state index in [4.69, 9.17) is 17.3 Å². The molecule has 0 aliphatic heterocycles. The van der Waals surface area contributed by atoms with Gasteiger partial charge in [-0.3, -0.25) is 4.98 Å². The van der Waals surface area contributed by atoms with E-state index >= 15 is 0 Å². The van der Waals surface area contributed by atoms with Crippen molar-refractivity contribution in [3.8, 4) is 0 Å². The molecule has 88 valence electrons. The van der Waals surface area contributed by atoms with Gasteiger partial charge in [-0.25, -0.2) is 13.6 Å². The van der Waals surface area contributed by atoms with Gasteiger partial charge >= 0.3 is 5.97 Å². The first-order valence-corrected chi connectivity index (χ1v) is 4.76. The molecule has 0 spiro atoms. The molecule has 0 saturated carbocycles. The zero-order valence-electron chi connectivity index (χ0n) is 8.34. The number of esters is 1. The number of ether oxygens (including phenoxy) is 1. The van der Waals surface area contributed by atoms with Crippen LogP contribution in [0.3, 0.4) is 0 Å². The van der Waals surface area contributed by atoms with Crippen molar-refractivity contribution in [1.29, 1.82) is 0 Å². The van der Waals surface area contributed by atoms with Gasteiger partial charge in [0, 0.05) is 6.20 Å². The number of nitrogens with zero attached hydrogens (tertiary/aromatic N) is 1. The summed E-state index contributed by atoms with van der Waals surface area (Å²) in [6, 6.07) is 0. The summed E-state index contributed by atoms with van der Waals surface area (Å²) in [6.07, 6.45) is -1.97. The predicted octanol–water partition coefficient (Wildman–Crippen LogP) is 2.13. The van der Waals surface area contributed by atoms with Crippen molar-refractivity contribution in [2.45, 2.75) is 12.3 Å². The average molecular weight is 251 g/mol. The van der Waals surface area contributed by atoms with Crippen LogP contribution in [0.5, 0.6) is 0 Å². The van der Waals surface area contributed by atoms with Crippen LogP contribution >= 0.6 is 11.6 Å². The van der Waals surface area contributed by atoms with Gasteiger partial charge in [0.25, 0.3) is 6.43 Å². The normalized spacial score (nSPS) is 10.6. The van der Waals surface area contributed by atoms with Gasteiger partial charge in [-0.15, -0.1) is 11.6 Å². The van der Waals surface area contributed by atoms with Crippen LogP contribution in [0.15, 0.2) is 6.20 Å². The average Bonchev–Trinajstić information content (AvgIpc) is 2.27. The number of hydrogen-bond donors (Lipinski definition) is 1. The summed E-state index contributed by atoms with van der Waals surface area (Å²) in [4.78, 5) is 15.0. The van der Waals surface area contributed by atoms with E-state index in [1.54, 1.807) is 0 Å². The SMILES string of the molecule is COC(=O)c1c(C(F)F)cnc(CCl)c1N. The Morgan fingerprint density at radius 2 is 2.31 bits per heavy atom. The van der Waals surface area contributed by atoms with Gasteiger partial charge in [-0.05, 0) is 0 Å². The van der Waals surface area contributed by atoms with E-state index in [1.165, 1.54) is 0 Å². The predicted molar refractivity (Wildman–Crippen MR) is 54.5 cm³/mol. The summed E-state index contributed by atoms with van der Waals surface area (Å²) in [5, 5.41) is 0. The number of nitrogen functional groups attached to an aromatic ring is 1. The van der Waals surface area contributed by atoms with E-state index in [2.05, 4.69) is 9.72 Å². The second-order valence-electron chi connectivity index (χ2n) is 2.87. The summed E-state index contributed by atoms with van der Waals surface area (Å²) in [5.41, 5.74) is 4.60. The maximum atomic E-state index is 12.6. The van der Waals surface area contributed by atoms with Crippen molar-refractivity contribution < 1.29 is 18.3 Å². The van der Waals surface area contributed by atoms with Crippen LogP contribution in [0.2, 0.25) is 0 Å². The lowest BCUT2D eigenvalue weighted by Gasteiger charge is -2.11. The van der Waals surface area contributed by atoms with E-state index in [1.807, 2.05) is 0 Å². The number of hydrogen-bond acceptors (Lipinski definition) is 4. The molecule has 1 rings (SSSR count). The van der Waals surface area contributed by atoms with Gasteiger partial charge in [0.15, 0.2) is 0 Å². The lowest BCUT2D eigenvalue weighted by atomic mass is 10.1. The third-order valence-corrected chi connectivity index (χ3v) is 2.23. The number of pyridine rings is 1. The van der Waals surface area contributed by atoms with Crippen molar-refractivity contribution in [3.63, 3.8) is 0 Å². The molecular weight excluding hydrogens is 242 g/mol. The number of aromatic nitrogens is 1. The number of carbonyl (C=O) groups is 1. The Morgan fingerprint density at radius 3 is 2.75 bits per heavy atom. The highest BCUT2D eigenvalue weighted by molar-refractivity contribution is 6.17. The number of anilines is 1. The fourth-order valence-corrected chi connectivity index (χ4v) is 1.40. The molecule has 0 aliphatic rings. The number of alkyl halides is 3. The maximum Gasteiger partial charge on any atom is 0.340 e. The Hall–Kier alpha value is -1.43. The summed E-state index contributed by atoms with van der Waals surface area (Å²) in [6.45, 7) is 0. The lowest BCUT2D eigenvalue weighted by Crippen LogP contribution is -2.13. The van der Waals surface area contributed by atoms with Crippen LogP contribution in [0.1, 0.15) is 28.0 Å². The Labute approximate surface area is 95.4 Å². The second kappa shape index (κ2) is 5.07. The summed E-state index contributed by atoms with van der Waals surface area (Å²) in [7, 11) is 1.08. The first-order chi connectivity index (χ1) is 7.52.